The smallest absolute Gasteiger partial charge is 0.231 e. The van der Waals surface area contributed by atoms with E-state index in [4.69, 9.17) is 5.73 Å². The molecule has 0 aliphatic heterocycles. The third-order valence-corrected chi connectivity index (χ3v) is 3.55. The molecule has 18 heavy (non-hydrogen) atoms. The van der Waals surface area contributed by atoms with Gasteiger partial charge >= 0.3 is 0 Å². The van der Waals surface area contributed by atoms with Gasteiger partial charge in [-0.1, -0.05) is 6.07 Å². The summed E-state index contributed by atoms with van der Waals surface area (Å²) in [4.78, 5) is 12.2. The quantitative estimate of drug-likeness (QED) is 0.869. The van der Waals surface area contributed by atoms with E-state index in [1.165, 1.54) is 6.07 Å². The number of hydrogen-bond donors (Lipinski definition) is 2. The topological polar surface area (TPSA) is 55.1 Å². The second-order valence-electron chi connectivity index (χ2n) is 5.78. The molecule has 100 valence electrons. The number of rotatable bonds is 3. The van der Waals surface area contributed by atoms with Gasteiger partial charge in [0.1, 0.15) is 5.82 Å². The zero-order valence-corrected chi connectivity index (χ0v) is 11.6. The molecule has 0 bridgehead atoms. The standard InChI is InChI=1S/C14H21FN2O/c1-9-6-7-11(10(15)8-9)17-12(18)13(2,3)14(4,5)16/h6-8H,16H2,1-5H3,(H,17,18). The van der Waals surface area contributed by atoms with E-state index >= 15 is 0 Å². The van der Waals surface area contributed by atoms with Gasteiger partial charge < -0.3 is 11.1 Å². The second-order valence-corrected chi connectivity index (χ2v) is 5.78. The molecule has 0 aromatic heterocycles. The maximum absolute atomic E-state index is 13.6. The SMILES string of the molecule is Cc1ccc(NC(=O)C(C)(C)C(C)(C)N)c(F)c1. The van der Waals surface area contributed by atoms with Gasteiger partial charge in [-0.25, -0.2) is 4.39 Å². The number of anilines is 1. The normalized spacial score (nSPS) is 12.4. The highest BCUT2D eigenvalue weighted by atomic mass is 19.1. The monoisotopic (exact) mass is 252 g/mol. The molecule has 0 fully saturated rings. The molecule has 0 spiro atoms. The molecule has 3 nitrogen and oxygen atoms in total. The van der Waals surface area contributed by atoms with Crippen molar-refractivity contribution in [2.75, 3.05) is 5.32 Å². The lowest BCUT2D eigenvalue weighted by molar-refractivity contribution is -0.126. The number of amides is 1. The van der Waals surface area contributed by atoms with Gasteiger partial charge in [0, 0.05) is 5.54 Å². The zero-order valence-electron chi connectivity index (χ0n) is 11.6. The summed E-state index contributed by atoms with van der Waals surface area (Å²) in [6, 6.07) is 4.69. The number of hydrogen-bond acceptors (Lipinski definition) is 2. The maximum Gasteiger partial charge on any atom is 0.231 e. The molecule has 1 aromatic rings. The van der Waals surface area contributed by atoms with Crippen LogP contribution in [0.3, 0.4) is 0 Å². The highest BCUT2D eigenvalue weighted by Crippen LogP contribution is 2.30. The summed E-state index contributed by atoms with van der Waals surface area (Å²) < 4.78 is 13.6. The number of nitrogens with one attached hydrogen (secondary N) is 1. The number of carbonyl (C=O) groups is 1. The zero-order chi connectivity index (χ0) is 14.1. The van der Waals surface area contributed by atoms with Gasteiger partial charge in [-0.2, -0.15) is 0 Å². The Morgan fingerprint density at radius 2 is 1.83 bits per heavy atom. The molecule has 1 rings (SSSR count). The summed E-state index contributed by atoms with van der Waals surface area (Å²) >= 11 is 0. The minimum absolute atomic E-state index is 0.183. The number of carbonyl (C=O) groups excluding carboxylic acids is 1. The van der Waals surface area contributed by atoms with Crippen molar-refractivity contribution < 1.29 is 9.18 Å². The van der Waals surface area contributed by atoms with E-state index in [1.807, 2.05) is 0 Å². The average molecular weight is 252 g/mol. The van der Waals surface area contributed by atoms with Crippen LogP contribution in [-0.4, -0.2) is 11.4 Å². The summed E-state index contributed by atoms with van der Waals surface area (Å²) in [5, 5.41) is 2.59. The van der Waals surface area contributed by atoms with Crippen molar-refractivity contribution in [3.8, 4) is 0 Å². The van der Waals surface area contributed by atoms with Crippen molar-refractivity contribution in [3.05, 3.63) is 29.6 Å². The highest BCUT2D eigenvalue weighted by Gasteiger charge is 2.40. The molecule has 1 amide bonds. The predicted octanol–water partition coefficient (Wildman–Crippen LogP) is 2.84. The first-order chi connectivity index (χ1) is 8.05. The number of halogens is 1. The van der Waals surface area contributed by atoms with Crippen LogP contribution < -0.4 is 11.1 Å². The van der Waals surface area contributed by atoms with Crippen molar-refractivity contribution in [2.45, 2.75) is 40.2 Å². The molecule has 1 aromatic carbocycles. The van der Waals surface area contributed by atoms with Crippen LogP contribution in [0.5, 0.6) is 0 Å². The molecule has 0 aliphatic rings. The maximum atomic E-state index is 13.6. The Balaban J connectivity index is 2.95. The first kappa shape index (κ1) is 14.6. The van der Waals surface area contributed by atoms with Crippen molar-refractivity contribution in [3.63, 3.8) is 0 Å². The van der Waals surface area contributed by atoms with Gasteiger partial charge in [0.15, 0.2) is 0 Å². The fourth-order valence-electron chi connectivity index (χ4n) is 1.29. The van der Waals surface area contributed by atoms with E-state index in [1.54, 1.807) is 46.8 Å². The fourth-order valence-corrected chi connectivity index (χ4v) is 1.29. The molecule has 0 saturated heterocycles. The number of benzene rings is 1. The highest BCUT2D eigenvalue weighted by molar-refractivity contribution is 5.95. The summed E-state index contributed by atoms with van der Waals surface area (Å²) in [7, 11) is 0. The molecule has 0 heterocycles. The Labute approximate surface area is 108 Å². The van der Waals surface area contributed by atoms with Gasteiger partial charge in [0.05, 0.1) is 11.1 Å². The minimum Gasteiger partial charge on any atom is -0.325 e. The Morgan fingerprint density at radius 1 is 1.28 bits per heavy atom. The van der Waals surface area contributed by atoms with Crippen molar-refractivity contribution in [1.82, 2.24) is 0 Å². The minimum atomic E-state index is -0.801. The molecular formula is C14H21FN2O. The Bertz CT molecular complexity index is 461. The van der Waals surface area contributed by atoms with Crippen LogP contribution in [0.15, 0.2) is 18.2 Å². The Kier molecular flexibility index (Phi) is 3.81. The van der Waals surface area contributed by atoms with Crippen LogP contribution in [0.1, 0.15) is 33.3 Å². The van der Waals surface area contributed by atoms with Crippen LogP contribution in [0.4, 0.5) is 10.1 Å². The molecule has 4 heteroatoms. The van der Waals surface area contributed by atoms with Crippen molar-refractivity contribution >= 4 is 11.6 Å². The molecule has 0 unspecified atom stereocenters. The number of aryl methyl sites for hydroxylation is 1. The van der Waals surface area contributed by atoms with E-state index < -0.39 is 16.8 Å². The molecule has 0 atom stereocenters. The van der Waals surface area contributed by atoms with E-state index in [-0.39, 0.29) is 11.6 Å². The molecule has 0 saturated carbocycles. The third-order valence-electron chi connectivity index (χ3n) is 3.55. The summed E-state index contributed by atoms with van der Waals surface area (Å²) in [5.74, 6) is -0.730. The molecule has 3 N–H and O–H groups in total. The van der Waals surface area contributed by atoms with Crippen LogP contribution in [0, 0.1) is 18.2 Å². The van der Waals surface area contributed by atoms with Crippen LogP contribution in [0.2, 0.25) is 0 Å². The Hall–Kier alpha value is -1.42. The van der Waals surface area contributed by atoms with Crippen LogP contribution in [0.25, 0.3) is 0 Å². The summed E-state index contributed by atoms with van der Waals surface area (Å²) in [6.07, 6.45) is 0. The third kappa shape index (κ3) is 2.88. The van der Waals surface area contributed by atoms with E-state index in [2.05, 4.69) is 5.32 Å². The first-order valence-electron chi connectivity index (χ1n) is 5.92. The van der Waals surface area contributed by atoms with Crippen molar-refractivity contribution in [1.29, 1.82) is 0 Å². The largest absolute Gasteiger partial charge is 0.325 e. The summed E-state index contributed by atoms with van der Waals surface area (Å²) in [5.41, 5.74) is 5.47. The first-order valence-corrected chi connectivity index (χ1v) is 5.92. The van der Waals surface area contributed by atoms with Crippen molar-refractivity contribution in [2.24, 2.45) is 11.1 Å². The van der Waals surface area contributed by atoms with E-state index in [0.29, 0.717) is 0 Å². The number of nitrogens with two attached hydrogens (primary N) is 1. The van der Waals surface area contributed by atoms with E-state index in [0.717, 1.165) is 5.56 Å². The molecule has 0 aliphatic carbocycles. The van der Waals surface area contributed by atoms with E-state index in [9.17, 15) is 9.18 Å². The molecule has 0 radical (unpaired) electrons. The fraction of sp³-hybridized carbons (Fsp3) is 0.500. The molecular weight excluding hydrogens is 231 g/mol. The lowest BCUT2D eigenvalue weighted by Gasteiger charge is -2.36. The Morgan fingerprint density at radius 3 is 2.28 bits per heavy atom. The second kappa shape index (κ2) is 4.69. The van der Waals surface area contributed by atoms with Gasteiger partial charge in [0.25, 0.3) is 0 Å². The lowest BCUT2D eigenvalue weighted by Crippen LogP contribution is -2.53. The van der Waals surface area contributed by atoms with Crippen LogP contribution >= 0.6 is 0 Å². The van der Waals surface area contributed by atoms with Gasteiger partial charge in [-0.05, 0) is 52.3 Å². The van der Waals surface area contributed by atoms with Gasteiger partial charge in [-0.3, -0.25) is 4.79 Å². The summed E-state index contributed by atoms with van der Waals surface area (Å²) in [6.45, 7) is 8.83. The predicted molar refractivity (Wildman–Crippen MR) is 71.8 cm³/mol. The lowest BCUT2D eigenvalue weighted by atomic mass is 9.74. The van der Waals surface area contributed by atoms with Gasteiger partial charge in [-0.15, -0.1) is 0 Å². The average Bonchev–Trinajstić information content (AvgIpc) is 2.20. The van der Waals surface area contributed by atoms with Crippen LogP contribution in [-0.2, 0) is 4.79 Å². The van der Waals surface area contributed by atoms with Gasteiger partial charge in [0.2, 0.25) is 5.91 Å².